The molecular weight excluding hydrogens is 242 g/mol. The fourth-order valence-electron chi connectivity index (χ4n) is 2.20. The molecule has 4 heteroatoms. The van der Waals surface area contributed by atoms with Crippen LogP contribution in [-0.4, -0.2) is 23.9 Å². The van der Waals surface area contributed by atoms with Gasteiger partial charge in [-0.1, -0.05) is 12.1 Å². The molecule has 0 aromatic carbocycles. The molecule has 92 valence electrons. The van der Waals surface area contributed by atoms with Gasteiger partial charge in [-0.05, 0) is 23.6 Å². The van der Waals surface area contributed by atoms with Gasteiger partial charge < -0.3 is 5.32 Å². The number of rotatable bonds is 4. The van der Waals surface area contributed by atoms with Gasteiger partial charge in [0.15, 0.2) is 0 Å². The van der Waals surface area contributed by atoms with Gasteiger partial charge in [0.2, 0.25) is 0 Å². The predicted molar refractivity (Wildman–Crippen MR) is 75.3 cm³/mol. The van der Waals surface area contributed by atoms with Crippen LogP contribution in [0.3, 0.4) is 0 Å². The van der Waals surface area contributed by atoms with E-state index in [9.17, 15) is 0 Å². The summed E-state index contributed by atoms with van der Waals surface area (Å²) in [5, 5.41) is 5.47. The molecule has 2 aromatic rings. The lowest BCUT2D eigenvalue weighted by Crippen LogP contribution is -2.21. The van der Waals surface area contributed by atoms with Gasteiger partial charge in [0.05, 0.1) is 12.4 Å². The van der Waals surface area contributed by atoms with E-state index < -0.39 is 0 Å². The molecule has 0 bridgehead atoms. The number of aromatic nitrogens is 1. The van der Waals surface area contributed by atoms with Crippen molar-refractivity contribution in [3.05, 3.63) is 52.5 Å². The van der Waals surface area contributed by atoms with Crippen molar-refractivity contribution in [3.63, 3.8) is 0 Å². The predicted octanol–water partition coefficient (Wildman–Crippen LogP) is 2.67. The van der Waals surface area contributed by atoms with Crippen LogP contribution in [0.2, 0.25) is 0 Å². The summed E-state index contributed by atoms with van der Waals surface area (Å²) in [4.78, 5) is 10.3. The van der Waals surface area contributed by atoms with Crippen molar-refractivity contribution in [3.8, 4) is 0 Å². The average Bonchev–Trinajstić information content (AvgIpc) is 3.10. The average molecular weight is 257 g/mol. The maximum absolute atomic E-state index is 4.50. The maximum atomic E-state index is 4.50. The molecule has 0 saturated carbocycles. The molecule has 1 aliphatic rings. The SMILES string of the molecule is c1ccc([C@@H](CC2=NCCN2)c2cccs2)nc1. The standard InChI is InChI=1S/C14H15N3S/c1-2-6-15-12(4-1)11(13-5-3-9-18-13)10-14-16-7-8-17-14/h1-6,9,11H,7-8,10H2,(H,16,17)/t11-/m1/s1. The van der Waals surface area contributed by atoms with Gasteiger partial charge in [0.1, 0.15) is 0 Å². The summed E-state index contributed by atoms with van der Waals surface area (Å²) in [6, 6.07) is 10.4. The highest BCUT2D eigenvalue weighted by Crippen LogP contribution is 2.30. The van der Waals surface area contributed by atoms with Crippen molar-refractivity contribution in [2.24, 2.45) is 4.99 Å². The molecule has 2 aromatic heterocycles. The van der Waals surface area contributed by atoms with Crippen LogP contribution in [0.15, 0.2) is 46.9 Å². The first-order valence-electron chi connectivity index (χ1n) is 6.15. The van der Waals surface area contributed by atoms with Crippen LogP contribution in [0.4, 0.5) is 0 Å². The van der Waals surface area contributed by atoms with E-state index in [-0.39, 0.29) is 0 Å². The molecule has 0 fully saturated rings. The summed E-state index contributed by atoms with van der Waals surface area (Å²) in [5.41, 5.74) is 1.12. The second-order valence-corrected chi connectivity index (χ2v) is 5.26. The number of hydrogen-bond acceptors (Lipinski definition) is 4. The normalized spacial score (nSPS) is 16.1. The Labute approximate surface area is 111 Å². The zero-order valence-electron chi connectivity index (χ0n) is 10.0. The Morgan fingerprint density at radius 1 is 1.28 bits per heavy atom. The molecule has 0 saturated heterocycles. The van der Waals surface area contributed by atoms with E-state index in [1.165, 1.54) is 4.88 Å². The van der Waals surface area contributed by atoms with Crippen LogP contribution >= 0.6 is 11.3 Å². The first-order chi connectivity index (χ1) is 8.93. The summed E-state index contributed by atoms with van der Waals surface area (Å²) >= 11 is 1.79. The fraction of sp³-hybridized carbons (Fsp3) is 0.286. The molecule has 3 heterocycles. The Bertz CT molecular complexity index is 519. The number of hydrogen-bond donors (Lipinski definition) is 1. The van der Waals surface area contributed by atoms with Crippen molar-refractivity contribution in [2.45, 2.75) is 12.3 Å². The zero-order chi connectivity index (χ0) is 12.2. The van der Waals surface area contributed by atoms with Gasteiger partial charge in [-0.15, -0.1) is 11.3 Å². The largest absolute Gasteiger partial charge is 0.372 e. The van der Waals surface area contributed by atoms with Crippen LogP contribution in [0.25, 0.3) is 0 Å². The van der Waals surface area contributed by atoms with Gasteiger partial charge >= 0.3 is 0 Å². The van der Waals surface area contributed by atoms with Crippen molar-refractivity contribution >= 4 is 17.2 Å². The number of pyridine rings is 1. The van der Waals surface area contributed by atoms with E-state index in [2.05, 4.69) is 38.9 Å². The topological polar surface area (TPSA) is 37.3 Å². The Kier molecular flexibility index (Phi) is 3.37. The molecule has 3 rings (SSSR count). The molecule has 0 spiro atoms. The highest BCUT2D eigenvalue weighted by atomic mass is 32.1. The zero-order valence-corrected chi connectivity index (χ0v) is 10.9. The Hall–Kier alpha value is -1.68. The molecule has 0 unspecified atom stereocenters. The summed E-state index contributed by atoms with van der Waals surface area (Å²) in [6.45, 7) is 1.86. The van der Waals surface area contributed by atoms with E-state index >= 15 is 0 Å². The lowest BCUT2D eigenvalue weighted by Gasteiger charge is -2.15. The monoisotopic (exact) mass is 257 g/mol. The third-order valence-corrected chi connectivity index (χ3v) is 4.06. The lowest BCUT2D eigenvalue weighted by molar-refractivity contribution is 0.816. The number of aliphatic imine (C=N–C) groups is 1. The highest BCUT2D eigenvalue weighted by molar-refractivity contribution is 7.10. The van der Waals surface area contributed by atoms with Crippen molar-refractivity contribution in [1.82, 2.24) is 10.3 Å². The van der Waals surface area contributed by atoms with E-state index in [1.807, 2.05) is 18.3 Å². The third-order valence-electron chi connectivity index (χ3n) is 3.07. The number of nitrogens with one attached hydrogen (secondary N) is 1. The summed E-state index contributed by atoms with van der Waals surface area (Å²) in [7, 11) is 0. The van der Waals surface area contributed by atoms with Crippen LogP contribution in [0.1, 0.15) is 22.9 Å². The Balaban J connectivity index is 1.89. The van der Waals surface area contributed by atoms with Gasteiger partial charge in [0, 0.05) is 35.7 Å². The fourth-order valence-corrected chi connectivity index (χ4v) is 3.04. The molecule has 3 nitrogen and oxygen atoms in total. The van der Waals surface area contributed by atoms with Gasteiger partial charge in [-0.2, -0.15) is 0 Å². The van der Waals surface area contributed by atoms with Crippen LogP contribution in [-0.2, 0) is 0 Å². The smallest absolute Gasteiger partial charge is 0.0974 e. The van der Waals surface area contributed by atoms with E-state index in [0.29, 0.717) is 5.92 Å². The molecule has 1 N–H and O–H groups in total. The van der Waals surface area contributed by atoms with Crippen molar-refractivity contribution in [2.75, 3.05) is 13.1 Å². The van der Waals surface area contributed by atoms with Gasteiger partial charge in [-0.3, -0.25) is 9.98 Å². The number of nitrogens with zero attached hydrogens (tertiary/aromatic N) is 2. The first kappa shape index (κ1) is 11.4. The number of amidine groups is 1. The van der Waals surface area contributed by atoms with Crippen molar-refractivity contribution in [1.29, 1.82) is 0 Å². The first-order valence-corrected chi connectivity index (χ1v) is 7.03. The second kappa shape index (κ2) is 5.31. The highest BCUT2D eigenvalue weighted by Gasteiger charge is 2.20. The minimum absolute atomic E-state index is 0.315. The Morgan fingerprint density at radius 3 is 2.94 bits per heavy atom. The summed E-state index contributed by atoms with van der Waals surface area (Å²) in [5.74, 6) is 1.43. The second-order valence-electron chi connectivity index (χ2n) is 4.28. The third kappa shape index (κ3) is 2.43. The lowest BCUT2D eigenvalue weighted by atomic mass is 9.98. The minimum Gasteiger partial charge on any atom is -0.372 e. The van der Waals surface area contributed by atoms with E-state index in [1.54, 1.807) is 11.3 Å². The Morgan fingerprint density at radius 2 is 2.28 bits per heavy atom. The maximum Gasteiger partial charge on any atom is 0.0974 e. The van der Waals surface area contributed by atoms with Gasteiger partial charge in [-0.25, -0.2) is 0 Å². The quantitative estimate of drug-likeness (QED) is 0.914. The molecule has 1 atom stereocenters. The van der Waals surface area contributed by atoms with E-state index in [0.717, 1.165) is 31.0 Å². The molecule has 18 heavy (non-hydrogen) atoms. The molecule has 1 aliphatic heterocycles. The summed E-state index contributed by atoms with van der Waals surface area (Å²) < 4.78 is 0. The number of thiophene rings is 1. The molecular formula is C14H15N3S. The molecule has 0 amide bonds. The van der Waals surface area contributed by atoms with Crippen LogP contribution in [0, 0.1) is 0 Å². The molecule has 0 aliphatic carbocycles. The van der Waals surface area contributed by atoms with Crippen LogP contribution < -0.4 is 5.32 Å². The molecule has 0 radical (unpaired) electrons. The van der Waals surface area contributed by atoms with Crippen molar-refractivity contribution < 1.29 is 0 Å². The van der Waals surface area contributed by atoms with Crippen LogP contribution in [0.5, 0.6) is 0 Å². The van der Waals surface area contributed by atoms with E-state index in [4.69, 9.17) is 0 Å². The summed E-state index contributed by atoms with van der Waals surface area (Å²) in [6.07, 6.45) is 2.78. The minimum atomic E-state index is 0.315. The van der Waals surface area contributed by atoms with Gasteiger partial charge in [0.25, 0.3) is 0 Å².